The van der Waals surface area contributed by atoms with Gasteiger partial charge in [0.25, 0.3) is 40.5 Å². The zero-order valence-electron chi connectivity index (χ0n) is 51.6. The van der Waals surface area contributed by atoms with E-state index in [1.807, 2.05) is 125 Å². The first-order chi connectivity index (χ1) is 41.4. The lowest BCUT2D eigenvalue weighted by Gasteiger charge is -2.27. The third-order valence-electron chi connectivity index (χ3n) is 17.5. The molecule has 5 heterocycles. The lowest BCUT2D eigenvalue weighted by molar-refractivity contribution is -0.686. The molecule has 1 amide bonds. The van der Waals surface area contributed by atoms with Crippen LogP contribution in [-0.4, -0.2) is 116 Å². The molecule has 0 aliphatic carbocycles. The Morgan fingerprint density at radius 3 is 1.74 bits per heavy atom. The number of fused-ring (bicyclic) bond motifs is 4. The number of carboxylic acid groups (broad SMARTS) is 1. The van der Waals surface area contributed by atoms with Crippen molar-refractivity contribution in [3.8, 4) is 0 Å². The first-order valence-electron chi connectivity index (χ1n) is 29.8. The molecular formula is C64H82N6O15S4+2. The van der Waals surface area contributed by atoms with Gasteiger partial charge in [-0.05, 0) is 143 Å². The summed E-state index contributed by atoms with van der Waals surface area (Å²) in [6.45, 7) is 17.7. The number of nitrogens with zero attached hydrogens (tertiary/aromatic N) is 5. The van der Waals surface area contributed by atoms with Gasteiger partial charge in [0.15, 0.2) is 11.4 Å². The maximum Gasteiger partial charge on any atom is 0.327 e. The number of anilines is 2. The number of pyridine rings is 1. The molecule has 0 fully saturated rings. The predicted octanol–water partition coefficient (Wildman–Crippen LogP) is 9.76. The fraction of sp³-hybridized carbons (Fsp3) is 0.453. The highest BCUT2D eigenvalue weighted by Crippen LogP contribution is 2.50. The van der Waals surface area contributed by atoms with E-state index in [2.05, 4.69) is 28.6 Å². The molecule has 3 aromatic carbocycles. The van der Waals surface area contributed by atoms with Crippen LogP contribution >= 0.6 is 0 Å². The number of allylic oxidation sites excluding steroid dienone is 8. The number of carboxylic acids is 1. The minimum atomic E-state index is -4.61. The summed E-state index contributed by atoms with van der Waals surface area (Å²) in [5.41, 5.74) is 7.24. The number of aromatic nitrogens is 1. The maximum absolute atomic E-state index is 13.4. The molecule has 4 aromatic rings. The van der Waals surface area contributed by atoms with Gasteiger partial charge in [0.2, 0.25) is 11.6 Å². The van der Waals surface area contributed by atoms with Gasteiger partial charge in [-0.3, -0.25) is 27.8 Å². The van der Waals surface area contributed by atoms with E-state index in [0.29, 0.717) is 80.8 Å². The number of hydrogen-bond acceptors (Lipinski definition) is 13. The van der Waals surface area contributed by atoms with E-state index in [-0.39, 0.29) is 60.2 Å². The highest BCUT2D eigenvalue weighted by molar-refractivity contribution is 7.86. The lowest BCUT2D eigenvalue weighted by Crippen LogP contribution is -2.36. The van der Waals surface area contributed by atoms with E-state index in [9.17, 15) is 66.6 Å². The minimum Gasteiger partial charge on any atom is -0.481 e. The van der Waals surface area contributed by atoms with Gasteiger partial charge in [-0.15, -0.1) is 0 Å². The number of benzene rings is 3. The first kappa shape index (κ1) is 68.2. The molecule has 0 saturated carbocycles. The van der Waals surface area contributed by atoms with Gasteiger partial charge in [0, 0.05) is 90.2 Å². The fourth-order valence-electron chi connectivity index (χ4n) is 12.7. The smallest absolute Gasteiger partial charge is 0.327 e. The van der Waals surface area contributed by atoms with E-state index in [1.54, 1.807) is 10.6 Å². The average molecular weight is 1300 g/mol. The summed E-state index contributed by atoms with van der Waals surface area (Å²) >= 11 is 0. The molecule has 4 aliphatic heterocycles. The molecule has 0 bridgehead atoms. The van der Waals surface area contributed by atoms with E-state index in [0.717, 1.165) is 50.9 Å². The zero-order valence-corrected chi connectivity index (χ0v) is 54.9. The van der Waals surface area contributed by atoms with Gasteiger partial charge >= 0.3 is 11.8 Å². The highest BCUT2D eigenvalue weighted by atomic mass is 32.2. The van der Waals surface area contributed by atoms with Gasteiger partial charge in [-0.25, -0.2) is 4.57 Å². The Balaban J connectivity index is 0.941. The SMILES string of the molecule is CC1(C)C(=CC=CC2=Nc3c(cc(S(=O)(=O)O)c[n+]3CCCCCC(=O)NCc3ccc4c(c3)C(C)(C)C(=CC=CC3=[N+](CCCCCC(=O)O)c5ccc(S(=O)(=O)O)cc5C3(C)C)N4CCCS(=O)(=O)O)C2(C)C)N(CCCS(=O)(=O)O)c2ccccc21. The van der Waals surface area contributed by atoms with Crippen molar-refractivity contribution in [3.05, 3.63) is 149 Å². The van der Waals surface area contributed by atoms with Crippen molar-refractivity contribution >= 4 is 86.7 Å². The van der Waals surface area contributed by atoms with Crippen molar-refractivity contribution in [2.45, 2.75) is 164 Å². The van der Waals surface area contributed by atoms with Crippen LogP contribution in [0.2, 0.25) is 0 Å². The predicted molar refractivity (Wildman–Crippen MR) is 342 cm³/mol. The number of aryl methyl sites for hydroxylation is 1. The normalized spacial score (nSPS) is 18.3. The van der Waals surface area contributed by atoms with Crippen molar-refractivity contribution in [1.82, 2.24) is 5.32 Å². The molecule has 8 rings (SSSR count). The largest absolute Gasteiger partial charge is 0.481 e. The van der Waals surface area contributed by atoms with Crippen LogP contribution in [0.1, 0.15) is 147 Å². The minimum absolute atomic E-state index is 0.0408. The van der Waals surface area contributed by atoms with Crippen LogP contribution < -0.4 is 19.7 Å². The molecule has 21 nitrogen and oxygen atoms in total. The Bertz CT molecular complexity index is 4120. The third-order valence-corrected chi connectivity index (χ3v) is 20.8. The molecule has 1 aromatic heterocycles. The molecule has 0 atom stereocenters. The van der Waals surface area contributed by atoms with Gasteiger partial charge in [0.05, 0.1) is 39.3 Å². The summed E-state index contributed by atoms with van der Waals surface area (Å²) in [7, 11) is -17.5. The van der Waals surface area contributed by atoms with Crippen LogP contribution in [-0.2, 0) is 84.8 Å². The maximum atomic E-state index is 13.4. The first-order valence-corrected chi connectivity index (χ1v) is 35.9. The molecule has 0 unspecified atom stereocenters. The molecule has 89 heavy (non-hydrogen) atoms. The number of carbonyl (C=O) groups excluding carboxylic acids is 1. The van der Waals surface area contributed by atoms with Crippen molar-refractivity contribution in [2.75, 3.05) is 40.9 Å². The number of aliphatic carboxylic acids is 1. The molecule has 6 N–H and O–H groups in total. The standard InChI is InChI=1S/C64H80N6O15S4/c1-61(2)50-41-46(89(83,84)85)43-67(60(50)66-54(61)23-17-24-55-62(3,4)47-21-13-14-22-51(47)69(55)35-19-37-86(74,75)76)33-15-9-11-27-58(71)65-42-44-29-31-52-48(39-44)63(5,6)56(70(52)36-20-38-87(77,78)79)25-18-26-57-64(7,8)49-40-45(88(80,81)82)30-32-53(49)68(57)34-16-10-12-28-59(72)73/h13-14,17-18,21-26,29-32,39-41,43H,9-12,15-16,19-20,27-28,33-38,42H2,1-8H3,(H4-2,65,71,72,73,74,75,76,77,78,79,80,81,82,83,84,85)/p+2. The molecule has 0 saturated heterocycles. The summed E-state index contributed by atoms with van der Waals surface area (Å²) in [4.78, 5) is 33.2. The molecule has 4 aliphatic rings. The Labute approximate surface area is 523 Å². The van der Waals surface area contributed by atoms with Crippen molar-refractivity contribution in [2.24, 2.45) is 4.99 Å². The number of hydrogen-bond donors (Lipinski definition) is 6. The van der Waals surface area contributed by atoms with Gasteiger partial charge in [0.1, 0.15) is 17.6 Å². The number of unbranched alkanes of at least 4 members (excludes halogenated alkanes) is 4. The molecule has 0 spiro atoms. The second-order valence-corrected chi connectivity index (χ2v) is 31.3. The van der Waals surface area contributed by atoms with Gasteiger partial charge < -0.3 is 20.2 Å². The second kappa shape index (κ2) is 26.3. The summed E-state index contributed by atoms with van der Waals surface area (Å²) < 4.78 is 140. The van der Waals surface area contributed by atoms with Crippen LogP contribution in [0.4, 0.5) is 22.9 Å². The topological polar surface area (TPSA) is 310 Å². The average Bonchev–Trinajstić information content (AvgIpc) is 1.65. The Kier molecular flexibility index (Phi) is 20.1. The van der Waals surface area contributed by atoms with Crippen molar-refractivity contribution in [3.63, 3.8) is 0 Å². The van der Waals surface area contributed by atoms with Gasteiger partial charge in [-0.1, -0.05) is 70.2 Å². The van der Waals surface area contributed by atoms with E-state index >= 15 is 0 Å². The molecule has 480 valence electrons. The number of aliphatic imine (C=N–C) groups is 1. The molecule has 0 radical (unpaired) electrons. The Morgan fingerprint density at radius 1 is 0.573 bits per heavy atom. The van der Waals surface area contributed by atoms with E-state index in [1.165, 1.54) is 24.4 Å². The zero-order chi connectivity index (χ0) is 65.3. The highest BCUT2D eigenvalue weighted by Gasteiger charge is 2.47. The number of amides is 1. The van der Waals surface area contributed by atoms with Crippen LogP contribution in [0.5, 0.6) is 0 Å². The summed E-state index contributed by atoms with van der Waals surface area (Å²) in [6.07, 6.45) is 16.9. The number of para-hydroxylation sites is 1. The van der Waals surface area contributed by atoms with Crippen LogP contribution in [0, 0.1) is 0 Å². The number of rotatable bonds is 28. The Morgan fingerprint density at radius 2 is 1.13 bits per heavy atom. The fourth-order valence-corrected chi connectivity index (χ4v) is 14.7. The summed E-state index contributed by atoms with van der Waals surface area (Å²) in [5.74, 6) is -1.35. The van der Waals surface area contributed by atoms with E-state index in [4.69, 9.17) is 4.99 Å². The van der Waals surface area contributed by atoms with Gasteiger partial charge in [-0.2, -0.15) is 38.2 Å². The van der Waals surface area contributed by atoms with Crippen LogP contribution in [0.15, 0.2) is 136 Å². The quantitative estimate of drug-likeness (QED) is 0.0175. The Hall–Kier alpha value is -6.71. The van der Waals surface area contributed by atoms with Crippen molar-refractivity contribution in [1.29, 1.82) is 0 Å². The van der Waals surface area contributed by atoms with Crippen LogP contribution in [0.25, 0.3) is 0 Å². The number of carbonyl (C=O) groups is 2. The second-order valence-electron chi connectivity index (χ2n) is 25.3. The lowest BCUT2D eigenvalue weighted by atomic mass is 9.81. The summed E-state index contributed by atoms with van der Waals surface area (Å²) in [6, 6.07) is 19.7. The van der Waals surface area contributed by atoms with E-state index < -0.39 is 73.9 Å². The van der Waals surface area contributed by atoms with Crippen LogP contribution in [0.3, 0.4) is 0 Å². The third kappa shape index (κ3) is 15.5. The monoisotopic (exact) mass is 1300 g/mol. The summed E-state index contributed by atoms with van der Waals surface area (Å²) in [5, 5.41) is 12.2. The number of nitrogens with one attached hydrogen (secondary N) is 1. The van der Waals surface area contributed by atoms with Crippen molar-refractivity contribution < 1.29 is 75.7 Å². The molecular weight excluding hydrogens is 1220 g/mol. The molecule has 25 heteroatoms.